The Morgan fingerprint density at radius 1 is 0.783 bits per heavy atom. The van der Waals surface area contributed by atoms with Crippen LogP contribution in [0.15, 0.2) is 0 Å². The first-order chi connectivity index (χ1) is 11.3. The van der Waals surface area contributed by atoms with Crippen molar-refractivity contribution in [3.8, 4) is 0 Å². The van der Waals surface area contributed by atoms with Crippen LogP contribution in [0.3, 0.4) is 0 Å². The Balaban J connectivity index is 1.89. The predicted octanol–water partition coefficient (Wildman–Crippen LogP) is 6.81. The number of carbonyl (C=O) groups excluding carboxylic acids is 1. The summed E-state index contributed by atoms with van der Waals surface area (Å²) in [5.74, 6) is 0.664. The molecule has 2 nitrogen and oxygen atoms in total. The Morgan fingerprint density at radius 2 is 1.30 bits per heavy atom. The Morgan fingerprint density at radius 3 is 1.91 bits per heavy atom. The lowest BCUT2D eigenvalue weighted by Crippen LogP contribution is -2.15. The minimum absolute atomic E-state index is 0.0370. The van der Waals surface area contributed by atoms with Crippen LogP contribution in [0.4, 0.5) is 0 Å². The van der Waals surface area contributed by atoms with Gasteiger partial charge in [-0.05, 0) is 25.2 Å². The third kappa shape index (κ3) is 12.5. The van der Waals surface area contributed by atoms with Crippen molar-refractivity contribution < 1.29 is 9.53 Å². The van der Waals surface area contributed by atoms with E-state index in [1.807, 2.05) is 0 Å². The maximum absolute atomic E-state index is 11.8. The van der Waals surface area contributed by atoms with Gasteiger partial charge in [0, 0.05) is 6.42 Å². The molecule has 23 heavy (non-hydrogen) atoms. The van der Waals surface area contributed by atoms with Crippen molar-refractivity contribution in [3.05, 3.63) is 0 Å². The molecule has 0 saturated heterocycles. The summed E-state index contributed by atoms with van der Waals surface area (Å²) in [6.07, 6.45) is 21.6. The number of hydrogen-bond donors (Lipinski definition) is 0. The Bertz CT molecular complexity index is 267. The van der Waals surface area contributed by atoms with Crippen LogP contribution in [-0.2, 0) is 9.53 Å². The van der Waals surface area contributed by atoms with Gasteiger partial charge in [0.2, 0.25) is 0 Å². The largest absolute Gasteiger partial charge is 0.465 e. The van der Waals surface area contributed by atoms with Crippen LogP contribution in [-0.4, -0.2) is 12.6 Å². The summed E-state index contributed by atoms with van der Waals surface area (Å²) in [6.45, 7) is 2.94. The maximum atomic E-state index is 11.8. The molecular formula is C21H40O2. The highest BCUT2D eigenvalue weighted by molar-refractivity contribution is 5.69. The zero-order valence-electron chi connectivity index (χ0n) is 15.6. The highest BCUT2D eigenvalue weighted by atomic mass is 16.5. The first kappa shape index (κ1) is 20.5. The minimum Gasteiger partial charge on any atom is -0.465 e. The van der Waals surface area contributed by atoms with Crippen LogP contribution in [0.1, 0.15) is 116 Å². The van der Waals surface area contributed by atoms with Gasteiger partial charge in [-0.15, -0.1) is 0 Å². The van der Waals surface area contributed by atoms with Crippen molar-refractivity contribution in [3.63, 3.8) is 0 Å². The van der Waals surface area contributed by atoms with Crippen LogP contribution in [0.25, 0.3) is 0 Å². The van der Waals surface area contributed by atoms with Crippen molar-refractivity contribution in [2.75, 3.05) is 6.61 Å². The van der Waals surface area contributed by atoms with Gasteiger partial charge < -0.3 is 4.74 Å². The molecule has 0 bridgehead atoms. The van der Waals surface area contributed by atoms with Gasteiger partial charge in [0.15, 0.2) is 0 Å². The highest BCUT2D eigenvalue weighted by Gasteiger charge is 2.13. The number of ether oxygens (including phenoxy) is 1. The predicted molar refractivity (Wildman–Crippen MR) is 98.6 cm³/mol. The van der Waals surface area contributed by atoms with Crippen molar-refractivity contribution in [2.45, 2.75) is 116 Å². The van der Waals surface area contributed by atoms with Crippen molar-refractivity contribution in [1.29, 1.82) is 0 Å². The van der Waals surface area contributed by atoms with Crippen molar-refractivity contribution >= 4 is 5.97 Å². The molecule has 1 saturated carbocycles. The quantitative estimate of drug-likeness (QED) is 0.291. The van der Waals surface area contributed by atoms with Gasteiger partial charge in [-0.2, -0.15) is 0 Å². The highest BCUT2D eigenvalue weighted by Crippen LogP contribution is 2.22. The van der Waals surface area contributed by atoms with E-state index in [9.17, 15) is 4.79 Å². The standard InChI is InChI=1S/C21H40O2/c1-2-3-4-5-6-7-8-12-15-18-21(22)23-19-20-16-13-10-9-11-14-17-20/h20H,2-19H2,1H3. The molecule has 0 amide bonds. The molecule has 1 aliphatic carbocycles. The number of unbranched alkanes of at least 4 members (excludes halogenated alkanes) is 8. The molecule has 0 aromatic rings. The Labute approximate surface area is 144 Å². The number of esters is 1. The smallest absolute Gasteiger partial charge is 0.305 e. The van der Waals surface area contributed by atoms with E-state index in [-0.39, 0.29) is 5.97 Å². The second kappa shape index (κ2) is 15.0. The molecule has 0 unspecified atom stereocenters. The van der Waals surface area contributed by atoms with Crippen LogP contribution < -0.4 is 0 Å². The van der Waals surface area contributed by atoms with Crippen molar-refractivity contribution in [2.24, 2.45) is 5.92 Å². The van der Waals surface area contributed by atoms with Gasteiger partial charge in [0.1, 0.15) is 0 Å². The summed E-state index contributed by atoms with van der Waals surface area (Å²) in [4.78, 5) is 11.8. The number of hydrogen-bond acceptors (Lipinski definition) is 2. The molecule has 0 radical (unpaired) electrons. The molecule has 2 heteroatoms. The lowest BCUT2D eigenvalue weighted by molar-refractivity contribution is -0.145. The molecular weight excluding hydrogens is 284 g/mol. The fraction of sp³-hybridized carbons (Fsp3) is 0.952. The molecule has 1 aliphatic rings. The zero-order valence-corrected chi connectivity index (χ0v) is 15.6. The van der Waals surface area contributed by atoms with E-state index in [1.165, 1.54) is 96.3 Å². The maximum Gasteiger partial charge on any atom is 0.305 e. The molecule has 0 heterocycles. The molecule has 0 N–H and O–H groups in total. The summed E-state index contributed by atoms with van der Waals surface area (Å²) >= 11 is 0. The molecule has 0 aromatic heterocycles. The fourth-order valence-corrected chi connectivity index (χ4v) is 3.57. The Kier molecular flexibility index (Phi) is 13.4. The zero-order chi connectivity index (χ0) is 16.6. The first-order valence-corrected chi connectivity index (χ1v) is 10.5. The van der Waals surface area contributed by atoms with E-state index in [0.717, 1.165) is 6.42 Å². The summed E-state index contributed by atoms with van der Waals surface area (Å²) in [7, 11) is 0. The summed E-state index contributed by atoms with van der Waals surface area (Å²) in [6, 6.07) is 0. The molecule has 136 valence electrons. The van der Waals surface area contributed by atoms with Crippen LogP contribution in [0, 0.1) is 5.92 Å². The summed E-state index contributed by atoms with van der Waals surface area (Å²) in [5, 5.41) is 0. The second-order valence-electron chi connectivity index (χ2n) is 7.47. The average Bonchev–Trinajstić information content (AvgIpc) is 2.52. The molecule has 0 atom stereocenters. The van der Waals surface area contributed by atoms with Gasteiger partial charge in [-0.3, -0.25) is 4.79 Å². The van der Waals surface area contributed by atoms with E-state index in [4.69, 9.17) is 4.74 Å². The molecule has 0 aromatic carbocycles. The van der Waals surface area contributed by atoms with E-state index >= 15 is 0 Å². The average molecular weight is 325 g/mol. The van der Waals surface area contributed by atoms with Crippen molar-refractivity contribution in [1.82, 2.24) is 0 Å². The summed E-state index contributed by atoms with van der Waals surface area (Å²) < 4.78 is 5.51. The first-order valence-electron chi connectivity index (χ1n) is 10.5. The Hall–Kier alpha value is -0.530. The third-order valence-electron chi connectivity index (χ3n) is 5.19. The van der Waals surface area contributed by atoms with E-state index < -0.39 is 0 Å². The minimum atomic E-state index is 0.0370. The lowest BCUT2D eigenvalue weighted by Gasteiger charge is -2.19. The number of rotatable bonds is 12. The topological polar surface area (TPSA) is 26.3 Å². The van der Waals surface area contributed by atoms with Gasteiger partial charge in [-0.1, -0.05) is 90.4 Å². The van der Waals surface area contributed by atoms with Crippen LogP contribution in [0.5, 0.6) is 0 Å². The molecule has 1 fully saturated rings. The second-order valence-corrected chi connectivity index (χ2v) is 7.47. The monoisotopic (exact) mass is 324 g/mol. The van der Waals surface area contributed by atoms with Gasteiger partial charge in [0.25, 0.3) is 0 Å². The molecule has 1 rings (SSSR count). The molecule has 0 aliphatic heterocycles. The van der Waals surface area contributed by atoms with Gasteiger partial charge in [-0.25, -0.2) is 0 Å². The number of carbonyl (C=O) groups is 1. The van der Waals surface area contributed by atoms with E-state index in [1.54, 1.807) is 0 Å². The summed E-state index contributed by atoms with van der Waals surface area (Å²) in [5.41, 5.74) is 0. The molecule has 0 spiro atoms. The SMILES string of the molecule is CCCCCCCCCCCC(=O)OCC1CCCCCCC1. The normalized spacial score (nSPS) is 16.7. The van der Waals surface area contributed by atoms with E-state index in [2.05, 4.69) is 6.92 Å². The lowest BCUT2D eigenvalue weighted by atomic mass is 9.92. The van der Waals surface area contributed by atoms with Crippen LogP contribution in [0.2, 0.25) is 0 Å². The fourth-order valence-electron chi connectivity index (χ4n) is 3.57. The van der Waals surface area contributed by atoms with E-state index in [0.29, 0.717) is 18.9 Å². The third-order valence-corrected chi connectivity index (χ3v) is 5.19. The van der Waals surface area contributed by atoms with Gasteiger partial charge >= 0.3 is 5.97 Å². The van der Waals surface area contributed by atoms with Crippen LogP contribution >= 0.6 is 0 Å². The van der Waals surface area contributed by atoms with Gasteiger partial charge in [0.05, 0.1) is 6.61 Å².